The molecule has 0 bridgehead atoms. The zero-order valence-corrected chi connectivity index (χ0v) is 46.6. The molecule has 1 unspecified atom stereocenters. The number of pyridine rings is 1. The minimum atomic E-state index is -0.731. The third-order valence-electron chi connectivity index (χ3n) is 16.5. The second-order valence-corrected chi connectivity index (χ2v) is 23.9. The predicted octanol–water partition coefficient (Wildman–Crippen LogP) is 11.2. The Morgan fingerprint density at radius 1 is 0.846 bits per heavy atom. The van der Waals surface area contributed by atoms with Crippen molar-refractivity contribution in [3.8, 4) is 16.9 Å². The van der Waals surface area contributed by atoms with Crippen molar-refractivity contribution in [3.63, 3.8) is 0 Å². The lowest BCUT2D eigenvalue weighted by molar-refractivity contribution is -0.134. The summed E-state index contributed by atoms with van der Waals surface area (Å²) in [4.78, 5) is 69.3. The van der Waals surface area contributed by atoms with Crippen LogP contribution >= 0.6 is 11.3 Å². The van der Waals surface area contributed by atoms with Crippen LogP contribution in [0.1, 0.15) is 135 Å². The number of carbonyl (C=O) groups is 4. The Hall–Kier alpha value is -7.17. The zero-order valence-electron chi connectivity index (χ0n) is 45.8. The molecule has 0 spiro atoms. The summed E-state index contributed by atoms with van der Waals surface area (Å²) < 4.78 is 15.7. The summed E-state index contributed by atoms with van der Waals surface area (Å²) in [5.74, 6) is 0.590. The van der Waals surface area contributed by atoms with Crippen LogP contribution in [0.5, 0.6) is 5.75 Å². The highest BCUT2D eigenvalue weighted by Gasteiger charge is 2.33. The highest BCUT2D eigenvalue weighted by Crippen LogP contribution is 2.39. The summed E-state index contributed by atoms with van der Waals surface area (Å²) in [6.07, 6.45) is 9.63. The largest absolute Gasteiger partial charge is 0.490 e. The molecule has 2 saturated heterocycles. The summed E-state index contributed by atoms with van der Waals surface area (Å²) in [5, 5.41) is 11.8. The van der Waals surface area contributed by atoms with E-state index in [1.807, 2.05) is 99.2 Å². The number of thiazole rings is 1. The summed E-state index contributed by atoms with van der Waals surface area (Å²) in [6, 6.07) is 30.7. The van der Waals surface area contributed by atoms with Gasteiger partial charge in [-0.15, -0.1) is 0 Å². The lowest BCUT2D eigenvalue weighted by atomic mass is 9.84. The smallest absolute Gasteiger partial charge is 0.358 e. The van der Waals surface area contributed by atoms with Crippen LogP contribution in [0.3, 0.4) is 0 Å². The first-order valence-electron chi connectivity index (χ1n) is 28.0. The fraction of sp³-hybridized carbons (Fsp3) is 0.435. The van der Waals surface area contributed by atoms with Gasteiger partial charge in [0.05, 0.1) is 33.4 Å². The molecule has 4 aliphatic rings. The second kappa shape index (κ2) is 22.3. The van der Waals surface area contributed by atoms with E-state index in [0.717, 1.165) is 113 Å². The molecule has 16 heteroatoms. The lowest BCUT2D eigenvalue weighted by Gasteiger charge is -2.39. The third kappa shape index (κ3) is 11.4. The van der Waals surface area contributed by atoms with Gasteiger partial charge in [0.25, 0.3) is 5.91 Å². The molecule has 2 atom stereocenters. The van der Waals surface area contributed by atoms with Crippen molar-refractivity contribution in [1.82, 2.24) is 30.0 Å². The van der Waals surface area contributed by atoms with E-state index in [1.165, 1.54) is 36.3 Å². The van der Waals surface area contributed by atoms with Crippen LogP contribution in [0.2, 0.25) is 0 Å². The maximum Gasteiger partial charge on any atom is 0.358 e. The number of piperidine rings is 1. The molecule has 15 nitrogen and oxygen atoms in total. The molecule has 3 fully saturated rings. The number of nitrogens with one attached hydrogen (secondary N) is 2. The third-order valence-corrected chi connectivity index (χ3v) is 17.4. The highest BCUT2D eigenvalue weighted by molar-refractivity contribution is 7.22. The summed E-state index contributed by atoms with van der Waals surface area (Å²) in [7, 11) is 1.93. The van der Waals surface area contributed by atoms with Gasteiger partial charge in [0.15, 0.2) is 10.8 Å². The maximum absolute atomic E-state index is 14.1. The van der Waals surface area contributed by atoms with Gasteiger partial charge in [-0.05, 0) is 162 Å². The number of para-hydroxylation sites is 1. The Labute approximate surface area is 460 Å². The van der Waals surface area contributed by atoms with Crippen LogP contribution < -0.4 is 25.2 Å². The first-order chi connectivity index (χ1) is 37.6. The van der Waals surface area contributed by atoms with E-state index < -0.39 is 17.5 Å². The quantitative estimate of drug-likeness (QED) is 0.0784. The average molecular weight is 1070 g/mol. The number of imide groups is 1. The Morgan fingerprint density at radius 3 is 2.42 bits per heavy atom. The number of benzene rings is 4. The molecule has 7 aromatic rings. The van der Waals surface area contributed by atoms with E-state index in [0.29, 0.717) is 60.0 Å². The van der Waals surface area contributed by atoms with Gasteiger partial charge in [-0.3, -0.25) is 34.6 Å². The van der Waals surface area contributed by atoms with E-state index in [-0.39, 0.29) is 29.5 Å². The number of hydrogen-bond donors (Lipinski definition) is 2. The van der Waals surface area contributed by atoms with Crippen molar-refractivity contribution in [2.24, 2.45) is 13.0 Å². The minimum absolute atomic E-state index is 0.123. The molecule has 1 saturated carbocycles. The molecule has 1 aliphatic carbocycles. The van der Waals surface area contributed by atoms with Crippen molar-refractivity contribution < 1.29 is 28.7 Å². The minimum Gasteiger partial charge on any atom is -0.490 e. The first-order valence-corrected chi connectivity index (χ1v) is 28.8. The van der Waals surface area contributed by atoms with Crippen molar-refractivity contribution in [2.45, 2.75) is 129 Å². The number of esters is 1. The zero-order chi connectivity index (χ0) is 54.2. The van der Waals surface area contributed by atoms with E-state index >= 15 is 0 Å². The molecule has 11 rings (SSSR count). The lowest BCUT2D eigenvalue weighted by Crippen LogP contribution is -2.49. The monoisotopic (exact) mass is 1070 g/mol. The molecule has 0 radical (unpaired) electrons. The number of ether oxygens (including phenoxy) is 2. The van der Waals surface area contributed by atoms with Gasteiger partial charge in [-0.1, -0.05) is 60.6 Å². The standard InChI is InChI=1S/C62H71N9O6S/c1-38(69-32-34-70(35-33-69)42-22-25-47-51(36-42)68(6)67-56(47)48-27-29-55(72)65-59(48)74)12-9-13-40-20-23-43(24-21-40)76-52-18-11-15-44(39(52)2)45-26-28-54(64-57(45)60(75)77-62(3,4)5)71-31-30-41-14-10-16-46(49(41)37-71)58(73)66-61-63-50-17-7-8-19-53(50)78-61/h7-8,10-11,14-19,22,25-26,28,36,38,40,43,48H,9,12-13,20-21,23-24,27,29-35,37H2,1-6H3,(H,63,66,73)(H,65,72,74)/t38-,40?,43?,48?/m0/s1. The van der Waals surface area contributed by atoms with Crippen LogP contribution in [0.4, 0.5) is 16.6 Å². The van der Waals surface area contributed by atoms with Crippen LogP contribution in [-0.2, 0) is 34.3 Å². The Morgan fingerprint density at radius 2 is 1.64 bits per heavy atom. The van der Waals surface area contributed by atoms with Gasteiger partial charge < -0.3 is 19.3 Å². The number of anilines is 3. The topological polar surface area (TPSA) is 164 Å². The summed E-state index contributed by atoms with van der Waals surface area (Å²) >= 11 is 1.45. The van der Waals surface area contributed by atoms with E-state index in [4.69, 9.17) is 19.6 Å². The molecule has 78 heavy (non-hydrogen) atoms. The number of amides is 3. The SMILES string of the molecule is Cc1c(OC2CCC(CCC[C@H](C)N3CCN(c4ccc5c(C6CCC(=O)NC6=O)nn(C)c5c4)CC3)CC2)cccc1-c1ccc(N2CCc3cccc(C(=O)Nc4nc5ccccc5s4)c3C2)nc1C(=O)OC(C)(C)C. The molecule has 4 aromatic carbocycles. The number of rotatable bonds is 14. The molecule has 3 amide bonds. The van der Waals surface area contributed by atoms with Gasteiger partial charge in [-0.2, -0.15) is 5.10 Å². The number of fused-ring (bicyclic) bond motifs is 3. The fourth-order valence-electron chi connectivity index (χ4n) is 12.1. The second-order valence-electron chi connectivity index (χ2n) is 22.8. The number of aromatic nitrogens is 4. The summed E-state index contributed by atoms with van der Waals surface area (Å²) in [6.45, 7) is 15.1. The van der Waals surface area contributed by atoms with Crippen LogP contribution in [0, 0.1) is 12.8 Å². The normalized spacial score (nSPS) is 19.6. The maximum atomic E-state index is 14.1. The van der Waals surface area contributed by atoms with Gasteiger partial charge in [0.1, 0.15) is 17.2 Å². The number of piperazine rings is 1. The number of carbonyl (C=O) groups excluding carboxylic acids is 4. The van der Waals surface area contributed by atoms with Crippen molar-refractivity contribution in [1.29, 1.82) is 0 Å². The van der Waals surface area contributed by atoms with Gasteiger partial charge >= 0.3 is 5.97 Å². The molecule has 6 heterocycles. The molecule has 3 aromatic heterocycles. The van der Waals surface area contributed by atoms with Crippen molar-refractivity contribution in [2.75, 3.05) is 47.8 Å². The van der Waals surface area contributed by atoms with Crippen molar-refractivity contribution in [3.05, 3.63) is 125 Å². The molecule has 3 aliphatic heterocycles. The van der Waals surface area contributed by atoms with Gasteiger partial charge in [-0.25, -0.2) is 14.8 Å². The predicted molar refractivity (Wildman–Crippen MR) is 308 cm³/mol. The van der Waals surface area contributed by atoms with E-state index in [1.54, 1.807) is 0 Å². The Bertz CT molecular complexity index is 3370. The van der Waals surface area contributed by atoms with Gasteiger partial charge in [0, 0.05) is 81.0 Å². The number of hydrogen-bond acceptors (Lipinski definition) is 13. The first kappa shape index (κ1) is 52.9. The van der Waals surface area contributed by atoms with Crippen molar-refractivity contribution >= 4 is 72.8 Å². The summed E-state index contributed by atoms with van der Waals surface area (Å²) in [5.41, 5.74) is 8.46. The Kier molecular flexibility index (Phi) is 15.1. The molecular formula is C62H71N9O6S. The van der Waals surface area contributed by atoms with Crippen LogP contribution in [0.25, 0.3) is 32.2 Å². The molecule has 2 N–H and O–H groups in total. The Balaban J connectivity index is 0.683. The number of nitrogens with zero attached hydrogens (tertiary/aromatic N) is 7. The van der Waals surface area contributed by atoms with Gasteiger partial charge in [0.2, 0.25) is 11.8 Å². The van der Waals surface area contributed by atoms with Crippen LogP contribution in [-0.4, -0.2) is 98.8 Å². The van der Waals surface area contributed by atoms with Crippen LogP contribution in [0.15, 0.2) is 91.0 Å². The molecule has 406 valence electrons. The van der Waals surface area contributed by atoms with E-state index in [9.17, 15) is 19.2 Å². The molecular weight excluding hydrogens is 999 g/mol. The fourth-order valence-corrected chi connectivity index (χ4v) is 13.0. The highest BCUT2D eigenvalue weighted by atomic mass is 32.1. The average Bonchev–Trinajstić information content (AvgIpc) is 4.15. The number of aryl methyl sites for hydroxylation is 1. The van der Waals surface area contributed by atoms with E-state index in [2.05, 4.69) is 68.4 Å².